The zero-order valence-electron chi connectivity index (χ0n) is 15.2. The number of aryl methyl sites for hydroxylation is 1. The van der Waals surface area contributed by atoms with Gasteiger partial charge < -0.3 is 9.72 Å². The number of amides is 1. The molecule has 0 unspecified atom stereocenters. The number of hydrogen-bond donors (Lipinski definition) is 1. The zero-order chi connectivity index (χ0) is 17.9. The van der Waals surface area contributed by atoms with Crippen molar-refractivity contribution in [3.05, 3.63) is 77.6 Å². The molecule has 3 aromatic rings. The van der Waals surface area contributed by atoms with Crippen LogP contribution in [0.25, 0.3) is 5.52 Å². The molecule has 0 saturated carbocycles. The number of nitrogens with one attached hydrogen (secondary N) is 1. The number of piperidine rings is 1. The smallest absolute Gasteiger partial charge is 0.253 e. The maximum absolute atomic E-state index is 12.6. The van der Waals surface area contributed by atoms with Crippen LogP contribution >= 0.6 is 0 Å². The Hall–Kier alpha value is -2.59. The van der Waals surface area contributed by atoms with Crippen molar-refractivity contribution < 1.29 is 4.79 Å². The van der Waals surface area contributed by atoms with Gasteiger partial charge in [0.2, 0.25) is 0 Å². The molecule has 0 spiro atoms. The molecule has 4 heteroatoms. The minimum atomic E-state index is 0.0334. The van der Waals surface area contributed by atoms with Crippen molar-refractivity contribution in [3.63, 3.8) is 0 Å². The molecule has 4 rings (SSSR count). The maximum Gasteiger partial charge on any atom is 0.253 e. The summed E-state index contributed by atoms with van der Waals surface area (Å²) in [7, 11) is 0. The Morgan fingerprint density at radius 1 is 1.12 bits per heavy atom. The molecule has 0 bridgehead atoms. The predicted molar refractivity (Wildman–Crippen MR) is 104 cm³/mol. The van der Waals surface area contributed by atoms with Crippen LogP contribution in [0.2, 0.25) is 0 Å². The Morgan fingerprint density at radius 3 is 2.65 bits per heavy atom. The molecule has 1 amide bonds. The lowest BCUT2D eigenvalue weighted by Crippen LogP contribution is -2.44. The highest BCUT2D eigenvalue weighted by atomic mass is 16.1. The molecule has 26 heavy (non-hydrogen) atoms. The summed E-state index contributed by atoms with van der Waals surface area (Å²) >= 11 is 0. The fourth-order valence-electron chi connectivity index (χ4n) is 3.71. The van der Waals surface area contributed by atoms with Gasteiger partial charge in [0.25, 0.3) is 5.91 Å². The van der Waals surface area contributed by atoms with Gasteiger partial charge in [0.1, 0.15) is 0 Å². The highest BCUT2D eigenvalue weighted by Crippen LogP contribution is 2.17. The number of carbonyl (C=O) groups excluding carboxylic acids is 1. The van der Waals surface area contributed by atoms with Crippen LogP contribution in [-0.2, 0) is 6.54 Å². The van der Waals surface area contributed by atoms with Crippen molar-refractivity contribution in [2.24, 2.45) is 0 Å². The van der Waals surface area contributed by atoms with Gasteiger partial charge in [-0.3, -0.25) is 9.69 Å². The van der Waals surface area contributed by atoms with Gasteiger partial charge in [0.05, 0.1) is 5.56 Å². The van der Waals surface area contributed by atoms with E-state index in [0.29, 0.717) is 0 Å². The predicted octanol–water partition coefficient (Wildman–Crippen LogP) is 3.64. The average Bonchev–Trinajstić information content (AvgIpc) is 3.10. The SMILES string of the molecule is Cc1ccccc1CN1CCC(NC(=O)c2cc3ccccn3c2)CC1. The van der Waals surface area contributed by atoms with Crippen LogP contribution in [-0.4, -0.2) is 34.3 Å². The first-order valence-corrected chi connectivity index (χ1v) is 9.33. The van der Waals surface area contributed by atoms with Crippen molar-refractivity contribution >= 4 is 11.4 Å². The average molecular weight is 347 g/mol. The molecule has 2 aromatic heterocycles. The molecule has 3 heterocycles. The van der Waals surface area contributed by atoms with Crippen LogP contribution in [0.1, 0.15) is 34.3 Å². The van der Waals surface area contributed by atoms with Crippen LogP contribution in [0.15, 0.2) is 60.9 Å². The van der Waals surface area contributed by atoms with Crippen molar-refractivity contribution in [1.29, 1.82) is 0 Å². The fourth-order valence-corrected chi connectivity index (χ4v) is 3.71. The Bertz CT molecular complexity index is 873. The molecule has 134 valence electrons. The number of pyridine rings is 1. The molecule has 0 aliphatic carbocycles. The molecular formula is C22H25N3O. The van der Waals surface area contributed by atoms with Gasteiger partial charge >= 0.3 is 0 Å². The summed E-state index contributed by atoms with van der Waals surface area (Å²) in [5.41, 5.74) is 4.53. The highest BCUT2D eigenvalue weighted by molar-refractivity contribution is 5.95. The largest absolute Gasteiger partial charge is 0.349 e. The summed E-state index contributed by atoms with van der Waals surface area (Å²) in [5.74, 6) is 0.0334. The second-order valence-corrected chi connectivity index (χ2v) is 7.21. The van der Waals surface area contributed by atoms with E-state index < -0.39 is 0 Å². The number of nitrogens with zero attached hydrogens (tertiary/aromatic N) is 2. The van der Waals surface area contributed by atoms with E-state index in [0.717, 1.165) is 43.6 Å². The number of rotatable bonds is 4. The lowest BCUT2D eigenvalue weighted by atomic mass is 10.0. The number of aromatic nitrogens is 1. The molecule has 1 aromatic carbocycles. The van der Waals surface area contributed by atoms with Crippen molar-refractivity contribution in [2.45, 2.75) is 32.4 Å². The van der Waals surface area contributed by atoms with E-state index in [1.807, 2.05) is 41.1 Å². The lowest BCUT2D eigenvalue weighted by Gasteiger charge is -2.32. The van der Waals surface area contributed by atoms with Crippen LogP contribution in [0, 0.1) is 6.92 Å². The molecule has 1 aliphatic rings. The summed E-state index contributed by atoms with van der Waals surface area (Å²) in [5, 5.41) is 3.21. The van der Waals surface area contributed by atoms with Crippen LogP contribution in [0.5, 0.6) is 0 Å². The Kier molecular flexibility index (Phi) is 4.76. The van der Waals surface area contributed by atoms with Gasteiger partial charge in [-0.05, 0) is 49.1 Å². The third kappa shape index (κ3) is 3.65. The first-order valence-electron chi connectivity index (χ1n) is 9.33. The van der Waals surface area contributed by atoms with E-state index in [-0.39, 0.29) is 11.9 Å². The summed E-state index contributed by atoms with van der Waals surface area (Å²) < 4.78 is 1.99. The molecule has 0 radical (unpaired) electrons. The van der Waals surface area contributed by atoms with Crippen LogP contribution < -0.4 is 5.32 Å². The normalized spacial score (nSPS) is 16.0. The minimum absolute atomic E-state index is 0.0334. The van der Waals surface area contributed by atoms with Gasteiger partial charge in [-0.15, -0.1) is 0 Å². The Labute approximate surface area is 154 Å². The van der Waals surface area contributed by atoms with E-state index in [1.54, 1.807) is 0 Å². The summed E-state index contributed by atoms with van der Waals surface area (Å²) in [6.07, 6.45) is 5.88. The number of hydrogen-bond acceptors (Lipinski definition) is 2. The van der Waals surface area contributed by atoms with Crippen molar-refractivity contribution in [3.8, 4) is 0 Å². The first-order chi connectivity index (χ1) is 12.7. The number of likely N-dealkylation sites (tertiary alicyclic amines) is 1. The summed E-state index contributed by atoms with van der Waals surface area (Å²) in [4.78, 5) is 15.0. The number of benzene rings is 1. The minimum Gasteiger partial charge on any atom is -0.349 e. The Morgan fingerprint density at radius 2 is 1.88 bits per heavy atom. The molecule has 4 nitrogen and oxygen atoms in total. The molecule has 1 N–H and O–H groups in total. The van der Waals surface area contributed by atoms with Crippen LogP contribution in [0.4, 0.5) is 0 Å². The van der Waals surface area contributed by atoms with Crippen molar-refractivity contribution in [1.82, 2.24) is 14.6 Å². The monoisotopic (exact) mass is 347 g/mol. The van der Waals surface area contributed by atoms with E-state index in [1.165, 1.54) is 11.1 Å². The zero-order valence-corrected chi connectivity index (χ0v) is 15.2. The molecule has 0 atom stereocenters. The van der Waals surface area contributed by atoms with E-state index in [2.05, 4.69) is 41.4 Å². The van der Waals surface area contributed by atoms with Crippen molar-refractivity contribution in [2.75, 3.05) is 13.1 Å². The summed E-state index contributed by atoms with van der Waals surface area (Å²) in [6.45, 7) is 5.22. The maximum atomic E-state index is 12.6. The van der Waals surface area contributed by atoms with Gasteiger partial charge in [-0.25, -0.2) is 0 Å². The van der Waals surface area contributed by atoms with Gasteiger partial charge in [-0.2, -0.15) is 0 Å². The topological polar surface area (TPSA) is 36.8 Å². The van der Waals surface area contributed by atoms with Gasteiger partial charge in [0.15, 0.2) is 0 Å². The summed E-state index contributed by atoms with van der Waals surface area (Å²) in [6, 6.07) is 16.8. The molecule has 1 fully saturated rings. The lowest BCUT2D eigenvalue weighted by molar-refractivity contribution is 0.0909. The molecular weight excluding hydrogens is 322 g/mol. The second kappa shape index (κ2) is 7.34. The third-order valence-electron chi connectivity index (χ3n) is 5.34. The van der Waals surface area contributed by atoms with E-state index >= 15 is 0 Å². The van der Waals surface area contributed by atoms with Gasteiger partial charge in [0, 0.05) is 43.6 Å². The van der Waals surface area contributed by atoms with Crippen LogP contribution in [0.3, 0.4) is 0 Å². The van der Waals surface area contributed by atoms with E-state index in [4.69, 9.17) is 0 Å². The molecule has 1 saturated heterocycles. The standard InChI is InChI=1S/C22H25N3O/c1-17-6-2-3-7-18(17)15-24-12-9-20(10-13-24)23-22(26)19-14-21-8-4-5-11-25(21)16-19/h2-8,11,14,16,20H,9-10,12-13,15H2,1H3,(H,23,26). The second-order valence-electron chi connectivity index (χ2n) is 7.21. The quantitative estimate of drug-likeness (QED) is 0.782. The number of carbonyl (C=O) groups is 1. The van der Waals surface area contributed by atoms with Gasteiger partial charge in [-0.1, -0.05) is 30.3 Å². The fraction of sp³-hybridized carbons (Fsp3) is 0.318. The third-order valence-corrected chi connectivity index (χ3v) is 5.34. The molecule has 1 aliphatic heterocycles. The Balaban J connectivity index is 1.32. The number of fused-ring (bicyclic) bond motifs is 1. The first kappa shape index (κ1) is 16.9. The van der Waals surface area contributed by atoms with E-state index in [9.17, 15) is 4.79 Å². The highest BCUT2D eigenvalue weighted by Gasteiger charge is 2.22.